The van der Waals surface area contributed by atoms with Crippen molar-refractivity contribution in [2.24, 2.45) is 0 Å². The van der Waals surface area contributed by atoms with Crippen LogP contribution in [0.2, 0.25) is 5.31 Å². The van der Waals surface area contributed by atoms with Crippen molar-refractivity contribution in [2.75, 3.05) is 0 Å². The van der Waals surface area contributed by atoms with E-state index in [2.05, 4.69) is 37.6 Å². The van der Waals surface area contributed by atoms with Crippen LogP contribution in [-0.4, -0.2) is 16.8 Å². The van der Waals surface area contributed by atoms with E-state index in [1.165, 1.54) is 11.5 Å². The molecule has 0 saturated carbocycles. The maximum Gasteiger partial charge on any atom is 0.138 e. The average molecular weight is 159 g/mol. The van der Waals surface area contributed by atoms with E-state index in [-0.39, 0.29) is 5.31 Å². The average Bonchev–Trinajstić information content (AvgIpc) is 2.33. The second kappa shape index (κ2) is 1.50. The van der Waals surface area contributed by atoms with Gasteiger partial charge in [-0.1, -0.05) is 13.8 Å². The van der Waals surface area contributed by atoms with Crippen molar-refractivity contribution in [1.82, 2.24) is 9.55 Å². The Morgan fingerprint density at radius 2 is 2.33 bits per heavy atom. The molecule has 2 aliphatic heterocycles. The van der Waals surface area contributed by atoms with Crippen molar-refractivity contribution >= 4 is 7.28 Å². The minimum Gasteiger partial charge on any atom is -0.333 e. The van der Waals surface area contributed by atoms with E-state index < -0.39 is 0 Å². The van der Waals surface area contributed by atoms with Crippen LogP contribution in [0.4, 0.5) is 0 Å². The third-order valence-electron chi connectivity index (χ3n) is 3.72. The molecule has 1 aromatic heterocycles. The highest BCUT2D eigenvalue weighted by molar-refractivity contribution is 6.59. The molecule has 3 rings (SSSR count). The van der Waals surface area contributed by atoms with Crippen molar-refractivity contribution in [1.29, 1.82) is 0 Å². The molecule has 12 heavy (non-hydrogen) atoms. The molecule has 0 spiro atoms. The molecule has 0 N–H and O–H groups in total. The largest absolute Gasteiger partial charge is 0.333 e. The van der Waals surface area contributed by atoms with Gasteiger partial charge in [0.2, 0.25) is 0 Å². The van der Waals surface area contributed by atoms with Crippen molar-refractivity contribution in [3.63, 3.8) is 0 Å². The number of hydrogen-bond donors (Lipinski definition) is 0. The third kappa shape index (κ3) is 0.483. The third-order valence-corrected chi connectivity index (χ3v) is 3.72. The Bertz CT molecular complexity index is 371. The molecular weight excluding hydrogens is 147 g/mol. The Hall–Kier alpha value is -0.725. The number of rotatable bonds is 0. The molecule has 1 fully saturated rings. The van der Waals surface area contributed by atoms with Gasteiger partial charge in [-0.25, -0.2) is 4.98 Å². The molecule has 0 aliphatic carbocycles. The number of aromatic nitrogens is 2. The summed E-state index contributed by atoms with van der Waals surface area (Å²) in [5.74, 6) is 1.27. The second-order valence-corrected chi connectivity index (χ2v) is 4.57. The first-order chi connectivity index (χ1) is 5.57. The molecule has 0 amide bonds. The SMILES string of the molecule is Cc1cnc2n1CC1(C)[B]C21C. The van der Waals surface area contributed by atoms with Crippen molar-refractivity contribution in [2.45, 2.75) is 37.9 Å². The quantitative estimate of drug-likeness (QED) is 0.522. The van der Waals surface area contributed by atoms with Gasteiger partial charge >= 0.3 is 0 Å². The number of nitrogens with zero attached hydrogens (tertiary/aromatic N) is 2. The Balaban J connectivity index is 2.24. The van der Waals surface area contributed by atoms with Crippen LogP contribution in [0, 0.1) is 6.92 Å². The molecule has 2 nitrogen and oxygen atoms in total. The van der Waals surface area contributed by atoms with Crippen LogP contribution < -0.4 is 0 Å². The molecular formula is C9H12BN2. The van der Waals surface area contributed by atoms with E-state index in [0.29, 0.717) is 5.31 Å². The van der Waals surface area contributed by atoms with E-state index in [4.69, 9.17) is 0 Å². The monoisotopic (exact) mass is 159 g/mol. The van der Waals surface area contributed by atoms with E-state index in [0.717, 1.165) is 6.54 Å². The van der Waals surface area contributed by atoms with E-state index in [1.807, 2.05) is 6.20 Å². The summed E-state index contributed by atoms with van der Waals surface area (Å²) in [7, 11) is 2.42. The first kappa shape index (κ1) is 6.75. The molecule has 1 aromatic rings. The van der Waals surface area contributed by atoms with Gasteiger partial charge in [-0.2, -0.15) is 0 Å². The smallest absolute Gasteiger partial charge is 0.138 e. The standard InChI is InChI=1S/C9H12BN2/c1-6-4-11-7-9(3)8(2,10-9)5-12(6)7/h4H,5H2,1-3H3. The van der Waals surface area contributed by atoms with Crippen LogP contribution >= 0.6 is 0 Å². The van der Waals surface area contributed by atoms with Crippen molar-refractivity contribution in [3.05, 3.63) is 17.7 Å². The number of aryl methyl sites for hydroxylation is 1. The van der Waals surface area contributed by atoms with Gasteiger partial charge in [0.15, 0.2) is 0 Å². The summed E-state index contributed by atoms with van der Waals surface area (Å²) in [5, 5.41) is 0.683. The highest BCUT2D eigenvalue weighted by atomic mass is 15.2. The zero-order chi connectivity index (χ0) is 8.56. The van der Waals surface area contributed by atoms with Gasteiger partial charge in [-0.15, -0.1) is 0 Å². The minimum absolute atomic E-state index is 0.279. The Labute approximate surface area is 73.2 Å². The minimum atomic E-state index is 0.279. The maximum absolute atomic E-state index is 4.47. The lowest BCUT2D eigenvalue weighted by Crippen LogP contribution is -2.07. The van der Waals surface area contributed by atoms with Gasteiger partial charge in [0, 0.05) is 18.4 Å². The van der Waals surface area contributed by atoms with Gasteiger partial charge in [0.25, 0.3) is 0 Å². The van der Waals surface area contributed by atoms with Gasteiger partial charge in [0.1, 0.15) is 13.1 Å². The molecule has 2 unspecified atom stereocenters. The van der Waals surface area contributed by atoms with Crippen LogP contribution in [0.15, 0.2) is 6.20 Å². The topological polar surface area (TPSA) is 17.8 Å². The Kier molecular flexibility index (Phi) is 0.844. The van der Waals surface area contributed by atoms with Crippen LogP contribution in [-0.2, 0) is 11.9 Å². The Morgan fingerprint density at radius 3 is 3.00 bits per heavy atom. The lowest BCUT2D eigenvalue weighted by molar-refractivity contribution is 0.582. The predicted octanol–water partition coefficient (Wildman–Crippen LogP) is 1.32. The molecule has 2 aliphatic rings. The van der Waals surface area contributed by atoms with E-state index in [9.17, 15) is 0 Å². The lowest BCUT2D eigenvalue weighted by Gasteiger charge is -2.06. The van der Waals surface area contributed by atoms with Crippen LogP contribution in [0.5, 0.6) is 0 Å². The molecule has 3 heteroatoms. The molecule has 61 valence electrons. The number of hydrogen-bond acceptors (Lipinski definition) is 1. The van der Waals surface area contributed by atoms with Crippen LogP contribution in [0.3, 0.4) is 0 Å². The van der Waals surface area contributed by atoms with Gasteiger partial charge in [-0.3, -0.25) is 0 Å². The van der Waals surface area contributed by atoms with Crippen molar-refractivity contribution < 1.29 is 0 Å². The summed E-state index contributed by atoms with van der Waals surface area (Å²) >= 11 is 0. The molecule has 0 bridgehead atoms. The van der Waals surface area contributed by atoms with Crippen molar-refractivity contribution in [3.8, 4) is 0 Å². The highest BCUT2D eigenvalue weighted by Gasteiger charge is 2.68. The van der Waals surface area contributed by atoms with Gasteiger partial charge < -0.3 is 4.57 Å². The predicted molar refractivity (Wildman–Crippen MR) is 48.4 cm³/mol. The van der Waals surface area contributed by atoms with E-state index in [1.54, 1.807) is 0 Å². The van der Waals surface area contributed by atoms with Gasteiger partial charge in [0.05, 0.1) is 0 Å². The molecule has 3 heterocycles. The summed E-state index contributed by atoms with van der Waals surface area (Å²) < 4.78 is 2.35. The lowest BCUT2D eigenvalue weighted by atomic mass is 9.85. The van der Waals surface area contributed by atoms with E-state index >= 15 is 0 Å². The fourth-order valence-electron chi connectivity index (χ4n) is 2.53. The first-order valence-corrected chi connectivity index (χ1v) is 4.46. The second-order valence-electron chi connectivity index (χ2n) is 4.57. The number of imidazole rings is 1. The molecule has 2 atom stereocenters. The summed E-state index contributed by atoms with van der Waals surface area (Å²) in [6.45, 7) is 7.87. The zero-order valence-corrected chi connectivity index (χ0v) is 7.76. The molecule has 1 radical (unpaired) electrons. The number of fused-ring (bicyclic) bond motifs is 3. The summed E-state index contributed by atoms with van der Waals surface area (Å²) in [5.41, 5.74) is 1.30. The fourth-order valence-corrected chi connectivity index (χ4v) is 2.53. The van der Waals surface area contributed by atoms with Gasteiger partial charge in [-0.05, 0) is 17.6 Å². The van der Waals surface area contributed by atoms with Crippen LogP contribution in [0.25, 0.3) is 0 Å². The fraction of sp³-hybridized carbons (Fsp3) is 0.667. The summed E-state index contributed by atoms with van der Waals surface area (Å²) in [6.07, 6.45) is 1.98. The first-order valence-electron chi connectivity index (χ1n) is 4.46. The highest BCUT2D eigenvalue weighted by Crippen LogP contribution is 2.67. The maximum atomic E-state index is 4.47. The summed E-state index contributed by atoms with van der Waals surface area (Å²) in [4.78, 5) is 4.47. The normalized spacial score (nSPS) is 41.9. The molecule has 0 aromatic carbocycles. The molecule has 1 saturated heterocycles. The van der Waals surface area contributed by atoms with Crippen LogP contribution in [0.1, 0.15) is 25.4 Å². The zero-order valence-electron chi connectivity index (χ0n) is 7.76. The Morgan fingerprint density at radius 1 is 1.58 bits per heavy atom. The summed E-state index contributed by atoms with van der Waals surface area (Å²) in [6, 6.07) is 0.